The van der Waals surface area contributed by atoms with E-state index in [-0.39, 0.29) is 5.91 Å². The number of rotatable bonds is 7. The lowest BCUT2D eigenvalue weighted by Gasteiger charge is -2.10. The number of hydrogen-bond donors (Lipinski definition) is 2. The summed E-state index contributed by atoms with van der Waals surface area (Å²) in [4.78, 5) is 24.9. The van der Waals surface area contributed by atoms with Gasteiger partial charge in [-0.3, -0.25) is 9.59 Å². The molecule has 1 heterocycles. The van der Waals surface area contributed by atoms with E-state index < -0.39 is 5.91 Å². The molecule has 0 saturated heterocycles. The molecule has 0 aliphatic carbocycles. The second-order valence-electron chi connectivity index (χ2n) is 6.33. The predicted octanol–water partition coefficient (Wildman–Crippen LogP) is 3.61. The van der Waals surface area contributed by atoms with Crippen molar-refractivity contribution in [2.24, 2.45) is 5.73 Å². The van der Waals surface area contributed by atoms with Gasteiger partial charge < -0.3 is 15.6 Å². The number of benzene rings is 2. The molecule has 28 heavy (non-hydrogen) atoms. The van der Waals surface area contributed by atoms with E-state index in [1.165, 1.54) is 0 Å². The number of aryl methyl sites for hydroxylation is 2. The topological polar surface area (TPSA) is 98.2 Å². The Labute approximate surface area is 167 Å². The van der Waals surface area contributed by atoms with Gasteiger partial charge in [-0.2, -0.15) is 0 Å². The van der Waals surface area contributed by atoms with Crippen molar-refractivity contribution in [2.45, 2.75) is 31.0 Å². The zero-order valence-electron chi connectivity index (χ0n) is 15.7. The van der Waals surface area contributed by atoms with Crippen molar-refractivity contribution in [3.8, 4) is 0 Å². The molecule has 2 amide bonds. The van der Waals surface area contributed by atoms with Crippen molar-refractivity contribution < 1.29 is 14.1 Å². The van der Waals surface area contributed by atoms with E-state index in [1.54, 1.807) is 36.0 Å². The van der Waals surface area contributed by atoms with E-state index in [4.69, 9.17) is 10.3 Å². The van der Waals surface area contributed by atoms with Crippen molar-refractivity contribution in [3.05, 3.63) is 82.2 Å². The van der Waals surface area contributed by atoms with Crippen LogP contribution in [-0.2, 0) is 12.3 Å². The van der Waals surface area contributed by atoms with Gasteiger partial charge in [-0.25, -0.2) is 0 Å². The Morgan fingerprint density at radius 2 is 1.93 bits per heavy atom. The summed E-state index contributed by atoms with van der Waals surface area (Å²) in [7, 11) is 0. The number of carbonyl (C=O) groups is 2. The predicted molar refractivity (Wildman–Crippen MR) is 108 cm³/mol. The van der Waals surface area contributed by atoms with E-state index in [9.17, 15) is 9.59 Å². The fourth-order valence-corrected chi connectivity index (χ4v) is 3.95. The summed E-state index contributed by atoms with van der Waals surface area (Å²) >= 11 is 1.57. The van der Waals surface area contributed by atoms with E-state index >= 15 is 0 Å². The first kappa shape index (κ1) is 19.7. The minimum Gasteiger partial charge on any atom is -0.366 e. The average molecular weight is 395 g/mol. The summed E-state index contributed by atoms with van der Waals surface area (Å²) in [6.45, 7) is 4.10. The lowest BCUT2D eigenvalue weighted by atomic mass is 10.1. The molecular formula is C21H21N3O3S. The number of nitrogens with one attached hydrogen (secondary N) is 1. The van der Waals surface area contributed by atoms with Gasteiger partial charge in [0.1, 0.15) is 5.76 Å². The Kier molecular flexibility index (Phi) is 6.16. The van der Waals surface area contributed by atoms with Crippen LogP contribution in [0.2, 0.25) is 0 Å². The van der Waals surface area contributed by atoms with Crippen LogP contribution in [0.15, 0.2) is 57.9 Å². The second kappa shape index (κ2) is 8.75. The van der Waals surface area contributed by atoms with Crippen LogP contribution in [0, 0.1) is 13.8 Å². The van der Waals surface area contributed by atoms with Crippen molar-refractivity contribution in [3.63, 3.8) is 0 Å². The lowest BCUT2D eigenvalue weighted by molar-refractivity contribution is 0.0947. The van der Waals surface area contributed by atoms with Crippen molar-refractivity contribution in [1.82, 2.24) is 10.5 Å². The van der Waals surface area contributed by atoms with E-state index in [2.05, 4.69) is 10.5 Å². The molecule has 7 heteroatoms. The third kappa shape index (κ3) is 4.61. The van der Waals surface area contributed by atoms with Gasteiger partial charge in [-0.05, 0) is 43.7 Å². The van der Waals surface area contributed by atoms with E-state index in [0.29, 0.717) is 23.4 Å². The average Bonchev–Trinajstić information content (AvgIpc) is 3.02. The quantitative estimate of drug-likeness (QED) is 0.596. The minimum absolute atomic E-state index is 0.175. The van der Waals surface area contributed by atoms with Gasteiger partial charge >= 0.3 is 0 Å². The van der Waals surface area contributed by atoms with Crippen LogP contribution in [-0.4, -0.2) is 17.0 Å². The van der Waals surface area contributed by atoms with Gasteiger partial charge in [0.05, 0.1) is 11.3 Å². The first-order valence-corrected chi connectivity index (χ1v) is 9.75. The molecule has 0 atom stereocenters. The molecule has 2 aromatic carbocycles. The van der Waals surface area contributed by atoms with Gasteiger partial charge in [0.2, 0.25) is 5.91 Å². The maximum absolute atomic E-state index is 12.7. The molecule has 0 spiro atoms. The number of amides is 2. The Hall–Kier alpha value is -3.06. The Balaban J connectivity index is 1.69. The number of aromatic nitrogens is 1. The molecule has 0 bridgehead atoms. The fraction of sp³-hybridized carbons (Fsp3) is 0.190. The zero-order chi connectivity index (χ0) is 20.1. The fourth-order valence-electron chi connectivity index (χ4n) is 2.75. The highest BCUT2D eigenvalue weighted by Gasteiger charge is 2.14. The lowest BCUT2D eigenvalue weighted by Crippen LogP contribution is -2.23. The van der Waals surface area contributed by atoms with Crippen molar-refractivity contribution in [1.29, 1.82) is 0 Å². The highest BCUT2D eigenvalue weighted by molar-refractivity contribution is 7.98. The summed E-state index contributed by atoms with van der Waals surface area (Å²) < 4.78 is 5.20. The van der Waals surface area contributed by atoms with Gasteiger partial charge in [0.25, 0.3) is 5.91 Å². The third-order valence-corrected chi connectivity index (χ3v) is 5.45. The molecule has 3 rings (SSSR count). The van der Waals surface area contributed by atoms with Gasteiger partial charge in [0, 0.05) is 28.3 Å². The maximum atomic E-state index is 12.7. The zero-order valence-corrected chi connectivity index (χ0v) is 16.5. The first-order valence-electron chi connectivity index (χ1n) is 8.76. The number of nitrogens with two attached hydrogens (primary N) is 1. The molecule has 3 aromatic rings. The van der Waals surface area contributed by atoms with E-state index in [1.807, 2.05) is 38.1 Å². The Morgan fingerprint density at radius 1 is 1.14 bits per heavy atom. The monoisotopic (exact) mass is 395 g/mol. The Morgan fingerprint density at radius 3 is 2.64 bits per heavy atom. The second-order valence-corrected chi connectivity index (χ2v) is 7.35. The van der Waals surface area contributed by atoms with Crippen LogP contribution in [0.4, 0.5) is 0 Å². The first-order chi connectivity index (χ1) is 13.5. The van der Waals surface area contributed by atoms with Gasteiger partial charge in [0.15, 0.2) is 0 Å². The van der Waals surface area contributed by atoms with Crippen LogP contribution in [0.1, 0.15) is 43.3 Å². The molecule has 3 N–H and O–H groups in total. The number of nitrogens with zero attached hydrogens (tertiary/aromatic N) is 1. The number of primary amides is 1. The summed E-state index contributed by atoms with van der Waals surface area (Å²) in [5, 5.41) is 6.87. The maximum Gasteiger partial charge on any atom is 0.252 e. The van der Waals surface area contributed by atoms with Crippen LogP contribution in [0.3, 0.4) is 0 Å². The standard InChI is InChI=1S/C21H21N3O3S/c1-13-18(14(2)27-24-13)12-28-19-9-4-3-8-17(19)21(26)23-11-15-6-5-7-16(10-15)20(22)25/h3-10H,11-12H2,1-2H3,(H2,22,25)(H,23,26). The number of carbonyl (C=O) groups excluding carboxylic acids is 2. The summed E-state index contributed by atoms with van der Waals surface area (Å²) in [5.41, 5.74) is 9.04. The Bertz CT molecular complexity index is 994. The highest BCUT2D eigenvalue weighted by atomic mass is 32.2. The smallest absolute Gasteiger partial charge is 0.252 e. The third-order valence-electron chi connectivity index (χ3n) is 4.35. The molecular weight excluding hydrogens is 374 g/mol. The summed E-state index contributed by atoms with van der Waals surface area (Å²) in [5.74, 6) is 0.799. The van der Waals surface area contributed by atoms with Crippen LogP contribution in [0.25, 0.3) is 0 Å². The molecule has 0 aliphatic heterocycles. The van der Waals surface area contributed by atoms with E-state index in [0.717, 1.165) is 27.5 Å². The molecule has 0 saturated carbocycles. The molecule has 0 unspecified atom stereocenters. The van der Waals surface area contributed by atoms with Crippen molar-refractivity contribution >= 4 is 23.6 Å². The number of thioether (sulfide) groups is 1. The van der Waals surface area contributed by atoms with Crippen LogP contribution in [0.5, 0.6) is 0 Å². The number of hydrogen-bond acceptors (Lipinski definition) is 5. The molecule has 6 nitrogen and oxygen atoms in total. The van der Waals surface area contributed by atoms with Gasteiger partial charge in [-0.1, -0.05) is 29.4 Å². The molecule has 0 aliphatic rings. The highest BCUT2D eigenvalue weighted by Crippen LogP contribution is 2.28. The summed E-state index contributed by atoms with van der Waals surface area (Å²) in [6.07, 6.45) is 0. The van der Waals surface area contributed by atoms with Gasteiger partial charge in [-0.15, -0.1) is 11.8 Å². The van der Waals surface area contributed by atoms with Crippen LogP contribution < -0.4 is 11.1 Å². The molecule has 1 aromatic heterocycles. The molecule has 0 fully saturated rings. The largest absolute Gasteiger partial charge is 0.366 e. The summed E-state index contributed by atoms with van der Waals surface area (Å²) in [6, 6.07) is 14.4. The molecule has 144 valence electrons. The van der Waals surface area contributed by atoms with Crippen molar-refractivity contribution in [2.75, 3.05) is 0 Å². The normalized spacial score (nSPS) is 10.6. The molecule has 0 radical (unpaired) electrons. The van der Waals surface area contributed by atoms with Crippen LogP contribution >= 0.6 is 11.8 Å². The SMILES string of the molecule is Cc1noc(C)c1CSc1ccccc1C(=O)NCc1cccc(C(N)=O)c1. The minimum atomic E-state index is -0.491.